The summed E-state index contributed by atoms with van der Waals surface area (Å²) >= 11 is 0. The molecule has 0 spiro atoms. The molecule has 0 saturated heterocycles. The van der Waals surface area contributed by atoms with Crippen LogP contribution in [0.2, 0.25) is 0 Å². The van der Waals surface area contributed by atoms with Crippen molar-refractivity contribution in [3.8, 4) is 11.5 Å². The van der Waals surface area contributed by atoms with Gasteiger partial charge in [0.05, 0.1) is 30.0 Å². The predicted octanol–water partition coefficient (Wildman–Crippen LogP) is 3.79. The number of methoxy groups -OCH3 is 1. The van der Waals surface area contributed by atoms with Gasteiger partial charge in [-0.1, -0.05) is 0 Å². The van der Waals surface area contributed by atoms with Crippen LogP contribution in [0, 0.1) is 0 Å². The third kappa shape index (κ3) is 7.32. The Morgan fingerprint density at radius 1 is 0.895 bits per heavy atom. The Labute approximate surface area is 222 Å². The first kappa shape index (κ1) is 28.2. The number of hydrogen-bond acceptors (Lipinski definition) is 7. The highest BCUT2D eigenvalue weighted by atomic mass is 32.2. The van der Waals surface area contributed by atoms with Gasteiger partial charge in [-0.15, -0.1) is 0 Å². The van der Waals surface area contributed by atoms with E-state index in [1.807, 2.05) is 19.1 Å². The maximum atomic E-state index is 13.6. The van der Waals surface area contributed by atoms with Gasteiger partial charge in [-0.2, -0.15) is 5.10 Å². The van der Waals surface area contributed by atoms with Crippen LogP contribution in [-0.4, -0.2) is 46.2 Å². The maximum Gasteiger partial charge on any atom is 0.264 e. The van der Waals surface area contributed by atoms with Gasteiger partial charge in [0, 0.05) is 12.6 Å². The SMILES string of the molecule is CCOc1ccc(/C(C)=N\NC(=O)CN(c2ccc(OC)cc2)S(=O)(=O)c2ccc(NC(C)=O)cc2)cc1. The Kier molecular flexibility index (Phi) is 9.44. The van der Waals surface area contributed by atoms with Crippen molar-refractivity contribution in [3.63, 3.8) is 0 Å². The smallest absolute Gasteiger partial charge is 0.264 e. The third-order valence-corrected chi connectivity index (χ3v) is 7.13. The molecule has 0 aliphatic carbocycles. The molecule has 2 N–H and O–H groups in total. The van der Waals surface area contributed by atoms with Gasteiger partial charge in [0.25, 0.3) is 15.9 Å². The van der Waals surface area contributed by atoms with Gasteiger partial charge < -0.3 is 14.8 Å². The number of rotatable bonds is 11. The Balaban J connectivity index is 1.84. The Morgan fingerprint density at radius 2 is 1.50 bits per heavy atom. The van der Waals surface area contributed by atoms with Gasteiger partial charge in [0.1, 0.15) is 18.0 Å². The predicted molar refractivity (Wildman–Crippen MR) is 146 cm³/mol. The molecule has 38 heavy (non-hydrogen) atoms. The fourth-order valence-corrected chi connectivity index (χ4v) is 4.86. The van der Waals surface area contributed by atoms with Crippen LogP contribution in [0.3, 0.4) is 0 Å². The summed E-state index contributed by atoms with van der Waals surface area (Å²) in [6.45, 7) is 5.00. The lowest BCUT2D eigenvalue weighted by Crippen LogP contribution is -2.39. The summed E-state index contributed by atoms with van der Waals surface area (Å²) in [5.41, 5.74) is 4.46. The van der Waals surface area contributed by atoms with Crippen LogP contribution in [0.1, 0.15) is 26.3 Å². The number of nitrogens with one attached hydrogen (secondary N) is 2. The Bertz CT molecular complexity index is 1390. The minimum atomic E-state index is -4.16. The highest BCUT2D eigenvalue weighted by Gasteiger charge is 2.27. The topological polar surface area (TPSA) is 126 Å². The van der Waals surface area contributed by atoms with Crippen LogP contribution in [0.5, 0.6) is 11.5 Å². The molecule has 0 aliphatic heterocycles. The number of hydrazone groups is 1. The van der Waals surface area contributed by atoms with E-state index < -0.39 is 22.5 Å². The van der Waals surface area contributed by atoms with E-state index in [1.165, 1.54) is 38.3 Å². The number of nitrogens with zero attached hydrogens (tertiary/aromatic N) is 2. The zero-order valence-electron chi connectivity index (χ0n) is 21.6. The molecule has 0 aromatic heterocycles. The number of carbonyl (C=O) groups is 2. The summed E-state index contributed by atoms with van der Waals surface area (Å²) in [5.74, 6) is 0.340. The first-order valence-corrected chi connectivity index (χ1v) is 13.2. The molecule has 200 valence electrons. The number of benzene rings is 3. The van der Waals surface area contributed by atoms with E-state index in [1.54, 1.807) is 43.3 Å². The van der Waals surface area contributed by atoms with Crippen molar-refractivity contribution in [1.82, 2.24) is 5.43 Å². The summed E-state index contributed by atoms with van der Waals surface area (Å²) in [7, 11) is -2.66. The zero-order chi connectivity index (χ0) is 27.7. The largest absolute Gasteiger partial charge is 0.497 e. The minimum Gasteiger partial charge on any atom is -0.497 e. The first-order chi connectivity index (χ1) is 18.1. The lowest BCUT2D eigenvalue weighted by molar-refractivity contribution is -0.119. The van der Waals surface area contributed by atoms with E-state index in [0.717, 1.165) is 15.6 Å². The fourth-order valence-electron chi connectivity index (χ4n) is 3.44. The van der Waals surface area contributed by atoms with Gasteiger partial charge in [-0.25, -0.2) is 13.8 Å². The van der Waals surface area contributed by atoms with Crippen molar-refractivity contribution in [1.29, 1.82) is 0 Å². The summed E-state index contributed by atoms with van der Waals surface area (Å²) in [6.07, 6.45) is 0. The van der Waals surface area contributed by atoms with Gasteiger partial charge in [-0.3, -0.25) is 13.9 Å². The lowest BCUT2D eigenvalue weighted by atomic mass is 10.1. The van der Waals surface area contributed by atoms with Crippen LogP contribution >= 0.6 is 0 Å². The van der Waals surface area contributed by atoms with Crippen molar-refractivity contribution < 1.29 is 27.5 Å². The van der Waals surface area contributed by atoms with Crippen molar-refractivity contribution in [3.05, 3.63) is 78.4 Å². The molecule has 3 rings (SSSR count). The summed E-state index contributed by atoms with van der Waals surface area (Å²) < 4.78 is 38.7. The molecule has 0 bridgehead atoms. The van der Waals surface area contributed by atoms with Crippen molar-refractivity contribution in [2.24, 2.45) is 5.10 Å². The Hall–Kier alpha value is -4.38. The number of sulfonamides is 1. The molecule has 3 aromatic rings. The molecule has 0 saturated carbocycles. The maximum absolute atomic E-state index is 13.6. The average Bonchev–Trinajstić information content (AvgIpc) is 2.91. The van der Waals surface area contributed by atoms with Crippen LogP contribution in [0.15, 0.2) is 82.8 Å². The summed E-state index contributed by atoms with van der Waals surface area (Å²) in [6, 6.07) is 19.2. The van der Waals surface area contributed by atoms with Crippen molar-refractivity contribution in [2.75, 3.05) is 29.9 Å². The molecule has 0 fully saturated rings. The molecule has 0 unspecified atom stereocenters. The van der Waals surface area contributed by atoms with Gasteiger partial charge in [0.2, 0.25) is 5.91 Å². The molecule has 10 nitrogen and oxygen atoms in total. The number of amides is 2. The Morgan fingerprint density at radius 3 is 2.05 bits per heavy atom. The average molecular weight is 539 g/mol. The van der Waals surface area contributed by atoms with Crippen LogP contribution in [0.25, 0.3) is 0 Å². The molecule has 0 heterocycles. The second-order valence-electron chi connectivity index (χ2n) is 8.10. The van der Waals surface area contributed by atoms with Crippen LogP contribution in [0.4, 0.5) is 11.4 Å². The molecular formula is C27H30N4O6S. The van der Waals surface area contributed by atoms with E-state index in [2.05, 4.69) is 15.8 Å². The molecule has 0 aliphatic rings. The monoisotopic (exact) mass is 538 g/mol. The quantitative estimate of drug-likeness (QED) is 0.283. The second-order valence-corrected chi connectivity index (χ2v) is 9.97. The fraction of sp³-hybridized carbons (Fsp3) is 0.222. The normalized spacial score (nSPS) is 11.4. The van der Waals surface area contributed by atoms with Crippen LogP contribution < -0.4 is 24.5 Å². The van der Waals surface area contributed by atoms with E-state index in [0.29, 0.717) is 23.8 Å². The van der Waals surface area contributed by atoms with Gasteiger partial charge >= 0.3 is 0 Å². The number of carbonyl (C=O) groups excluding carboxylic acids is 2. The molecule has 2 amide bonds. The zero-order valence-corrected chi connectivity index (χ0v) is 22.4. The standard InChI is InChI=1S/C27H30N4O6S/c1-5-37-25-12-6-21(7-13-25)19(2)29-30-27(33)18-31(23-10-14-24(36-4)15-11-23)38(34,35)26-16-8-22(9-17-26)28-20(3)32/h6-17H,5,18H2,1-4H3,(H,28,32)(H,30,33)/b29-19-. The molecule has 11 heteroatoms. The van der Waals surface area contributed by atoms with Crippen LogP contribution in [-0.2, 0) is 19.6 Å². The summed E-state index contributed by atoms with van der Waals surface area (Å²) in [5, 5.41) is 6.72. The second kappa shape index (κ2) is 12.7. The molecule has 0 atom stereocenters. The lowest BCUT2D eigenvalue weighted by Gasteiger charge is -2.24. The van der Waals surface area contributed by atoms with Gasteiger partial charge in [-0.05, 0) is 92.2 Å². The van der Waals surface area contributed by atoms with Crippen molar-refractivity contribution in [2.45, 2.75) is 25.7 Å². The highest BCUT2D eigenvalue weighted by Crippen LogP contribution is 2.26. The molecular weight excluding hydrogens is 508 g/mol. The van der Waals surface area contributed by atoms with E-state index in [9.17, 15) is 18.0 Å². The third-order valence-electron chi connectivity index (χ3n) is 5.34. The van der Waals surface area contributed by atoms with E-state index in [-0.39, 0.29) is 16.5 Å². The van der Waals surface area contributed by atoms with Gasteiger partial charge in [0.15, 0.2) is 0 Å². The summed E-state index contributed by atoms with van der Waals surface area (Å²) in [4.78, 5) is 24.1. The first-order valence-electron chi connectivity index (χ1n) is 11.7. The number of hydrogen-bond donors (Lipinski definition) is 2. The minimum absolute atomic E-state index is 0.0516. The highest BCUT2D eigenvalue weighted by molar-refractivity contribution is 7.92. The van der Waals surface area contributed by atoms with E-state index >= 15 is 0 Å². The van der Waals surface area contributed by atoms with Crippen molar-refractivity contribution >= 4 is 38.9 Å². The molecule has 3 aromatic carbocycles. The number of ether oxygens (including phenoxy) is 2. The molecule has 0 radical (unpaired) electrons. The van der Waals surface area contributed by atoms with E-state index in [4.69, 9.17) is 9.47 Å². The number of anilines is 2.